The van der Waals surface area contributed by atoms with Gasteiger partial charge < -0.3 is 14.4 Å². The minimum atomic E-state index is -0.288. The van der Waals surface area contributed by atoms with Gasteiger partial charge in [-0.05, 0) is 31.1 Å². The van der Waals surface area contributed by atoms with Crippen molar-refractivity contribution in [1.82, 2.24) is 4.90 Å². The number of nitrogens with zero attached hydrogens (tertiary/aromatic N) is 1. The van der Waals surface area contributed by atoms with E-state index in [-0.39, 0.29) is 6.09 Å². The molecule has 0 fully saturated rings. The predicted octanol–water partition coefficient (Wildman–Crippen LogP) is 4.70. The summed E-state index contributed by atoms with van der Waals surface area (Å²) in [4.78, 5) is 13.3. The fraction of sp³-hybridized carbons (Fsp3) is 0.250. The summed E-state index contributed by atoms with van der Waals surface area (Å²) < 4.78 is 11.0. The quantitative estimate of drug-likeness (QED) is 0.698. The van der Waals surface area contributed by atoms with E-state index in [9.17, 15) is 4.79 Å². The van der Waals surface area contributed by atoms with Crippen LogP contribution in [0.25, 0.3) is 5.57 Å². The Hall–Kier alpha value is -2.75. The van der Waals surface area contributed by atoms with Crippen molar-refractivity contribution in [1.29, 1.82) is 0 Å². The molecule has 0 spiro atoms. The standard InChI is InChI=1S/C20H21NO3/c1-3-23-20(22)21(2)14-8-11-15-16-9-4-6-12-18(16)24-19-13-7-5-10-17(15)19/h4-7,9-13H,3,8,14H2,1-2H3. The molecule has 0 aliphatic carbocycles. The van der Waals surface area contributed by atoms with Crippen molar-refractivity contribution in [2.45, 2.75) is 13.3 Å². The Kier molecular flexibility index (Phi) is 4.85. The van der Waals surface area contributed by atoms with Gasteiger partial charge in [-0.3, -0.25) is 0 Å². The van der Waals surface area contributed by atoms with Crippen molar-refractivity contribution in [2.75, 3.05) is 20.2 Å². The summed E-state index contributed by atoms with van der Waals surface area (Å²) in [6.45, 7) is 2.81. The molecule has 4 heteroatoms. The van der Waals surface area contributed by atoms with E-state index in [1.165, 1.54) is 0 Å². The predicted molar refractivity (Wildman–Crippen MR) is 94.3 cm³/mol. The summed E-state index contributed by atoms with van der Waals surface area (Å²) in [5.74, 6) is 1.72. The van der Waals surface area contributed by atoms with Crippen LogP contribution in [0, 0.1) is 0 Å². The number of amides is 1. The van der Waals surface area contributed by atoms with Crippen molar-refractivity contribution < 1.29 is 14.3 Å². The molecule has 0 saturated heterocycles. The molecular weight excluding hydrogens is 302 g/mol. The van der Waals surface area contributed by atoms with Crippen LogP contribution in [0.2, 0.25) is 0 Å². The Balaban J connectivity index is 1.83. The number of benzene rings is 2. The highest BCUT2D eigenvalue weighted by Gasteiger charge is 2.20. The third-order valence-electron chi connectivity index (χ3n) is 3.97. The lowest BCUT2D eigenvalue weighted by Crippen LogP contribution is -2.28. The van der Waals surface area contributed by atoms with Crippen LogP contribution in [-0.4, -0.2) is 31.2 Å². The highest BCUT2D eigenvalue weighted by Crippen LogP contribution is 2.43. The molecule has 1 aliphatic rings. The molecule has 1 aliphatic heterocycles. The SMILES string of the molecule is CCOC(=O)N(C)CCC=C1c2ccccc2Oc2ccccc21. The summed E-state index contributed by atoms with van der Waals surface area (Å²) in [6, 6.07) is 16.0. The lowest BCUT2D eigenvalue weighted by atomic mass is 9.93. The van der Waals surface area contributed by atoms with Crippen LogP contribution < -0.4 is 4.74 Å². The van der Waals surface area contributed by atoms with Gasteiger partial charge in [0.05, 0.1) is 6.61 Å². The number of carbonyl (C=O) groups is 1. The van der Waals surface area contributed by atoms with Crippen molar-refractivity contribution in [3.63, 3.8) is 0 Å². The second-order valence-corrected chi connectivity index (χ2v) is 5.62. The van der Waals surface area contributed by atoms with Crippen LogP contribution in [0.15, 0.2) is 54.6 Å². The molecule has 0 atom stereocenters. The Bertz CT molecular complexity index is 719. The Morgan fingerprint density at radius 3 is 2.25 bits per heavy atom. The average molecular weight is 323 g/mol. The Morgan fingerprint density at radius 2 is 1.67 bits per heavy atom. The van der Waals surface area contributed by atoms with Gasteiger partial charge in [-0.2, -0.15) is 0 Å². The Labute approximate surface area is 142 Å². The molecule has 0 saturated carbocycles. The summed E-state index contributed by atoms with van der Waals surface area (Å²) in [5.41, 5.74) is 3.30. The van der Waals surface area contributed by atoms with E-state index in [1.807, 2.05) is 43.3 Å². The third kappa shape index (κ3) is 3.27. The molecule has 0 aromatic heterocycles. The van der Waals surface area contributed by atoms with Crippen LogP contribution in [-0.2, 0) is 4.74 Å². The number of rotatable bonds is 4. The lowest BCUT2D eigenvalue weighted by molar-refractivity contribution is 0.117. The van der Waals surface area contributed by atoms with Gasteiger partial charge in [-0.15, -0.1) is 0 Å². The van der Waals surface area contributed by atoms with Crippen molar-refractivity contribution in [2.24, 2.45) is 0 Å². The molecule has 2 aromatic rings. The zero-order chi connectivity index (χ0) is 16.9. The molecule has 0 radical (unpaired) electrons. The third-order valence-corrected chi connectivity index (χ3v) is 3.97. The van der Waals surface area contributed by atoms with Crippen LogP contribution in [0.5, 0.6) is 11.5 Å². The first-order chi connectivity index (χ1) is 11.7. The van der Waals surface area contributed by atoms with Crippen LogP contribution >= 0.6 is 0 Å². The molecule has 4 nitrogen and oxygen atoms in total. The number of para-hydroxylation sites is 2. The monoisotopic (exact) mass is 323 g/mol. The van der Waals surface area contributed by atoms with Crippen LogP contribution in [0.4, 0.5) is 4.79 Å². The topological polar surface area (TPSA) is 38.8 Å². The number of hydrogen-bond acceptors (Lipinski definition) is 3. The van der Waals surface area contributed by atoms with Gasteiger partial charge >= 0.3 is 6.09 Å². The maximum absolute atomic E-state index is 11.7. The van der Waals surface area contributed by atoms with E-state index in [4.69, 9.17) is 9.47 Å². The first-order valence-corrected chi connectivity index (χ1v) is 8.15. The normalized spacial score (nSPS) is 11.8. The first kappa shape index (κ1) is 16.1. The molecule has 124 valence electrons. The average Bonchev–Trinajstić information content (AvgIpc) is 2.61. The number of carbonyl (C=O) groups excluding carboxylic acids is 1. The van der Waals surface area contributed by atoms with Gasteiger partial charge in [0.2, 0.25) is 0 Å². The molecule has 1 heterocycles. The second-order valence-electron chi connectivity index (χ2n) is 5.62. The fourth-order valence-electron chi connectivity index (χ4n) is 2.77. The highest BCUT2D eigenvalue weighted by molar-refractivity contribution is 5.87. The van der Waals surface area contributed by atoms with E-state index in [1.54, 1.807) is 11.9 Å². The van der Waals surface area contributed by atoms with Crippen LogP contribution in [0.1, 0.15) is 24.5 Å². The maximum atomic E-state index is 11.7. The number of ether oxygens (including phenoxy) is 2. The van der Waals surface area contributed by atoms with Gasteiger partial charge in [0, 0.05) is 24.7 Å². The van der Waals surface area contributed by atoms with Crippen molar-refractivity contribution in [3.8, 4) is 11.5 Å². The Morgan fingerprint density at radius 1 is 1.08 bits per heavy atom. The lowest BCUT2D eigenvalue weighted by Gasteiger charge is -2.23. The number of fused-ring (bicyclic) bond motifs is 2. The molecule has 2 aromatic carbocycles. The van der Waals surface area contributed by atoms with E-state index in [2.05, 4.69) is 18.2 Å². The largest absolute Gasteiger partial charge is 0.456 e. The van der Waals surface area contributed by atoms with Gasteiger partial charge in [0.15, 0.2) is 0 Å². The van der Waals surface area contributed by atoms with Gasteiger partial charge in [-0.1, -0.05) is 42.5 Å². The molecule has 1 amide bonds. The zero-order valence-corrected chi connectivity index (χ0v) is 14.0. The highest BCUT2D eigenvalue weighted by atomic mass is 16.6. The van der Waals surface area contributed by atoms with E-state index in [0.29, 0.717) is 13.2 Å². The summed E-state index contributed by atoms with van der Waals surface area (Å²) in [5, 5.41) is 0. The molecule has 0 bridgehead atoms. The molecule has 0 unspecified atom stereocenters. The van der Waals surface area contributed by atoms with Crippen LogP contribution in [0.3, 0.4) is 0 Å². The number of hydrogen-bond donors (Lipinski definition) is 0. The molecule has 0 N–H and O–H groups in total. The molecule has 24 heavy (non-hydrogen) atoms. The minimum Gasteiger partial charge on any atom is -0.456 e. The van der Waals surface area contributed by atoms with E-state index < -0.39 is 0 Å². The summed E-state index contributed by atoms with van der Waals surface area (Å²) in [7, 11) is 1.75. The smallest absolute Gasteiger partial charge is 0.409 e. The second kappa shape index (κ2) is 7.21. The maximum Gasteiger partial charge on any atom is 0.409 e. The minimum absolute atomic E-state index is 0.288. The van der Waals surface area contributed by atoms with Crippen molar-refractivity contribution >= 4 is 11.7 Å². The molecule has 3 rings (SSSR count). The zero-order valence-electron chi connectivity index (χ0n) is 14.0. The van der Waals surface area contributed by atoms with Crippen molar-refractivity contribution in [3.05, 3.63) is 65.7 Å². The van der Waals surface area contributed by atoms with Gasteiger partial charge in [-0.25, -0.2) is 4.79 Å². The van der Waals surface area contributed by atoms with Gasteiger partial charge in [0.1, 0.15) is 11.5 Å². The van der Waals surface area contributed by atoms with E-state index >= 15 is 0 Å². The molecular formula is C20H21NO3. The fourth-order valence-corrected chi connectivity index (χ4v) is 2.77. The van der Waals surface area contributed by atoms with E-state index in [0.717, 1.165) is 34.6 Å². The summed E-state index contributed by atoms with van der Waals surface area (Å²) >= 11 is 0. The first-order valence-electron chi connectivity index (χ1n) is 8.15. The van der Waals surface area contributed by atoms with Gasteiger partial charge in [0.25, 0.3) is 0 Å². The summed E-state index contributed by atoms with van der Waals surface area (Å²) in [6.07, 6.45) is 2.62.